The number of nitriles is 1. The van der Waals surface area contributed by atoms with Gasteiger partial charge in [-0.2, -0.15) is 5.26 Å². The Morgan fingerprint density at radius 2 is 1.75 bits per heavy atom. The average Bonchev–Trinajstić information content (AvgIpc) is 3.09. The molecule has 28 heavy (non-hydrogen) atoms. The zero-order valence-electron chi connectivity index (χ0n) is 14.3. The number of fused-ring (bicyclic) bond motifs is 1. The third-order valence-corrected chi connectivity index (χ3v) is 4.25. The molecule has 1 aromatic heterocycles. The summed E-state index contributed by atoms with van der Waals surface area (Å²) < 4.78 is 46.2. The van der Waals surface area contributed by atoms with Gasteiger partial charge in [0, 0.05) is 29.3 Å². The monoisotopic (exact) mass is 379 g/mol. The Hall–Kier alpha value is -3.79. The Kier molecular flexibility index (Phi) is 4.45. The van der Waals surface area contributed by atoms with Gasteiger partial charge >= 0.3 is 0 Å². The quantitative estimate of drug-likeness (QED) is 0.537. The number of imidazole rings is 1. The first-order chi connectivity index (χ1) is 13.5. The van der Waals surface area contributed by atoms with Gasteiger partial charge in [-0.3, -0.25) is 0 Å². The number of halogens is 3. The van der Waals surface area contributed by atoms with E-state index in [-0.39, 0.29) is 17.9 Å². The van der Waals surface area contributed by atoms with E-state index in [1.54, 1.807) is 18.2 Å². The summed E-state index contributed by atoms with van der Waals surface area (Å²) in [7, 11) is 0. The molecular formula is C21H12F3N3O. The van der Waals surface area contributed by atoms with Gasteiger partial charge in [0.25, 0.3) is 0 Å². The summed E-state index contributed by atoms with van der Waals surface area (Å²) in [5.74, 6) is -1.87. The van der Waals surface area contributed by atoms with Crippen molar-refractivity contribution in [2.75, 3.05) is 0 Å². The number of nitrogens with zero attached hydrogens (tertiary/aromatic N) is 2. The highest BCUT2D eigenvalue weighted by Gasteiger charge is 2.13. The highest BCUT2D eigenvalue weighted by atomic mass is 19.2. The number of nitrogens with one attached hydrogen (secondary N) is 1. The molecule has 7 heteroatoms. The van der Waals surface area contributed by atoms with Crippen LogP contribution in [0.5, 0.6) is 5.75 Å². The van der Waals surface area contributed by atoms with Crippen molar-refractivity contribution in [2.45, 2.75) is 6.61 Å². The largest absolute Gasteiger partial charge is 0.489 e. The third kappa shape index (κ3) is 3.28. The maximum absolute atomic E-state index is 13.7. The normalized spacial score (nSPS) is 10.8. The molecule has 4 aromatic rings. The van der Waals surface area contributed by atoms with Crippen molar-refractivity contribution in [3.63, 3.8) is 0 Å². The second-order valence-electron chi connectivity index (χ2n) is 6.07. The Morgan fingerprint density at radius 1 is 0.964 bits per heavy atom. The zero-order chi connectivity index (χ0) is 19.7. The van der Waals surface area contributed by atoms with Crippen molar-refractivity contribution < 1.29 is 17.9 Å². The van der Waals surface area contributed by atoms with Gasteiger partial charge in [0.15, 0.2) is 11.6 Å². The smallest absolute Gasteiger partial charge is 0.161 e. The molecule has 0 spiro atoms. The number of ether oxygens (including phenoxy) is 1. The topological polar surface area (TPSA) is 61.7 Å². The lowest BCUT2D eigenvalue weighted by Gasteiger charge is -2.10. The number of H-pyrrole nitrogens is 1. The number of hydrogen-bond acceptors (Lipinski definition) is 3. The molecule has 0 aliphatic carbocycles. The molecule has 0 atom stereocenters. The molecule has 0 fully saturated rings. The lowest BCUT2D eigenvalue weighted by molar-refractivity contribution is 0.305. The molecule has 0 radical (unpaired) electrons. The van der Waals surface area contributed by atoms with E-state index in [1.807, 2.05) is 12.1 Å². The van der Waals surface area contributed by atoms with Gasteiger partial charge in [-0.25, -0.2) is 18.2 Å². The zero-order valence-corrected chi connectivity index (χ0v) is 14.3. The molecule has 0 aliphatic rings. The average molecular weight is 379 g/mol. The Morgan fingerprint density at radius 3 is 2.54 bits per heavy atom. The first-order valence-electron chi connectivity index (χ1n) is 8.30. The lowest BCUT2D eigenvalue weighted by Crippen LogP contribution is -1.99. The summed E-state index contributed by atoms with van der Waals surface area (Å²) in [6.07, 6.45) is 0. The summed E-state index contributed by atoms with van der Waals surface area (Å²) in [5.41, 5.74) is 2.05. The van der Waals surface area contributed by atoms with Gasteiger partial charge in [0.1, 0.15) is 30.1 Å². The van der Waals surface area contributed by atoms with Crippen LogP contribution >= 0.6 is 0 Å². The highest BCUT2D eigenvalue weighted by Crippen LogP contribution is 2.26. The first-order valence-corrected chi connectivity index (χ1v) is 8.30. The van der Waals surface area contributed by atoms with E-state index in [2.05, 4.69) is 9.97 Å². The Bertz CT molecular complexity index is 1190. The number of benzene rings is 3. The van der Waals surface area contributed by atoms with E-state index < -0.39 is 17.5 Å². The maximum atomic E-state index is 13.7. The molecule has 0 amide bonds. The minimum Gasteiger partial charge on any atom is -0.489 e. The molecule has 0 bridgehead atoms. The minimum atomic E-state index is -0.968. The second kappa shape index (κ2) is 7.08. The minimum absolute atomic E-state index is 0.0607. The fourth-order valence-corrected chi connectivity index (χ4v) is 2.85. The molecule has 4 nitrogen and oxygen atoms in total. The summed E-state index contributed by atoms with van der Waals surface area (Å²) in [6, 6.07) is 15.1. The molecular weight excluding hydrogens is 367 g/mol. The molecule has 0 aliphatic heterocycles. The number of hydrogen-bond donors (Lipinski definition) is 1. The van der Waals surface area contributed by atoms with Gasteiger partial charge in [-0.05, 0) is 12.1 Å². The van der Waals surface area contributed by atoms with E-state index in [1.165, 1.54) is 12.1 Å². The van der Waals surface area contributed by atoms with Crippen LogP contribution in [-0.4, -0.2) is 9.97 Å². The Labute approximate surface area is 157 Å². The standard InChI is InChI=1S/C21H12F3N3O/c22-16-7-14(6-5-12(16)10-25)28-11-13-3-1-2-4-15(13)21-26-19-8-17(23)18(24)9-20(19)27-21/h1-9H,11H2,(H,26,27). The SMILES string of the molecule is N#Cc1ccc(OCc2ccccc2-c2nc3cc(F)c(F)cc3[nH]2)cc1F. The fraction of sp³-hybridized carbons (Fsp3) is 0.0476. The van der Waals surface area contributed by atoms with Crippen LogP contribution in [0, 0.1) is 28.8 Å². The van der Waals surface area contributed by atoms with Crippen LogP contribution in [0.15, 0.2) is 54.6 Å². The first kappa shape index (κ1) is 17.6. The summed E-state index contributed by atoms with van der Waals surface area (Å²) in [5, 5.41) is 8.79. The predicted molar refractivity (Wildman–Crippen MR) is 96.9 cm³/mol. The van der Waals surface area contributed by atoms with E-state index >= 15 is 0 Å². The van der Waals surface area contributed by atoms with Gasteiger partial charge in [-0.15, -0.1) is 0 Å². The van der Waals surface area contributed by atoms with Crippen molar-refractivity contribution in [3.8, 4) is 23.2 Å². The summed E-state index contributed by atoms with van der Waals surface area (Å²) in [6.45, 7) is 0.112. The van der Waals surface area contributed by atoms with Crippen molar-refractivity contribution in [3.05, 3.63) is 83.2 Å². The van der Waals surface area contributed by atoms with Crippen molar-refractivity contribution >= 4 is 11.0 Å². The predicted octanol–water partition coefficient (Wildman–Crippen LogP) is 5.10. The fourth-order valence-electron chi connectivity index (χ4n) is 2.85. The maximum Gasteiger partial charge on any atom is 0.161 e. The van der Waals surface area contributed by atoms with E-state index in [9.17, 15) is 13.2 Å². The van der Waals surface area contributed by atoms with Crippen molar-refractivity contribution in [2.24, 2.45) is 0 Å². The molecule has 4 rings (SSSR count). The third-order valence-electron chi connectivity index (χ3n) is 4.25. The molecule has 138 valence electrons. The number of aromatic nitrogens is 2. The number of rotatable bonds is 4. The summed E-state index contributed by atoms with van der Waals surface area (Å²) in [4.78, 5) is 7.30. The van der Waals surface area contributed by atoms with E-state index in [4.69, 9.17) is 10.00 Å². The molecule has 1 heterocycles. The molecule has 0 unspecified atom stereocenters. The molecule has 3 aromatic carbocycles. The molecule has 0 saturated carbocycles. The second-order valence-corrected chi connectivity index (χ2v) is 6.07. The van der Waals surface area contributed by atoms with Gasteiger partial charge in [0.2, 0.25) is 0 Å². The van der Waals surface area contributed by atoms with Crippen molar-refractivity contribution in [1.82, 2.24) is 9.97 Å². The lowest BCUT2D eigenvalue weighted by atomic mass is 10.1. The van der Waals surface area contributed by atoms with Crippen LogP contribution in [0.4, 0.5) is 13.2 Å². The Balaban J connectivity index is 1.64. The van der Waals surface area contributed by atoms with Crippen LogP contribution < -0.4 is 4.74 Å². The molecule has 1 N–H and O–H groups in total. The van der Waals surface area contributed by atoms with Crippen LogP contribution in [0.25, 0.3) is 22.4 Å². The summed E-state index contributed by atoms with van der Waals surface area (Å²) >= 11 is 0. The van der Waals surface area contributed by atoms with Crippen LogP contribution in [-0.2, 0) is 6.61 Å². The van der Waals surface area contributed by atoms with Gasteiger partial charge in [0.05, 0.1) is 16.6 Å². The van der Waals surface area contributed by atoms with Crippen LogP contribution in [0.3, 0.4) is 0 Å². The highest BCUT2D eigenvalue weighted by molar-refractivity contribution is 5.80. The van der Waals surface area contributed by atoms with E-state index in [0.29, 0.717) is 22.4 Å². The van der Waals surface area contributed by atoms with Crippen molar-refractivity contribution in [1.29, 1.82) is 5.26 Å². The van der Waals surface area contributed by atoms with Crippen LogP contribution in [0.1, 0.15) is 11.1 Å². The van der Waals surface area contributed by atoms with Gasteiger partial charge < -0.3 is 9.72 Å². The van der Waals surface area contributed by atoms with E-state index in [0.717, 1.165) is 23.8 Å². The number of aromatic amines is 1. The van der Waals surface area contributed by atoms with Crippen LogP contribution in [0.2, 0.25) is 0 Å². The van der Waals surface area contributed by atoms with Gasteiger partial charge in [-0.1, -0.05) is 24.3 Å². The molecule has 0 saturated heterocycles.